The summed E-state index contributed by atoms with van der Waals surface area (Å²) in [4.78, 5) is 19.7. The van der Waals surface area contributed by atoms with E-state index in [1.165, 1.54) is 50.1 Å². The number of rotatable bonds is 13. The van der Waals surface area contributed by atoms with Crippen molar-refractivity contribution in [3.8, 4) is 28.3 Å². The van der Waals surface area contributed by atoms with Gasteiger partial charge in [0, 0.05) is 22.2 Å². The maximum atomic E-state index is 11.4. The summed E-state index contributed by atoms with van der Waals surface area (Å²) >= 11 is 0. The van der Waals surface area contributed by atoms with Crippen molar-refractivity contribution in [3.05, 3.63) is 117 Å². The lowest BCUT2D eigenvalue weighted by Gasteiger charge is -2.11. The lowest BCUT2D eigenvalue weighted by Crippen LogP contribution is -1.97. The molecule has 0 aliphatic carbocycles. The molecule has 58 heavy (non-hydrogen) atoms. The fourth-order valence-corrected chi connectivity index (χ4v) is 10.0. The summed E-state index contributed by atoms with van der Waals surface area (Å²) in [6, 6.07) is 24.4. The summed E-state index contributed by atoms with van der Waals surface area (Å²) in [5, 5.41) is 11.4. The largest absolute Gasteiger partial charge is 0.354 e. The van der Waals surface area contributed by atoms with E-state index in [4.69, 9.17) is 9.97 Å². The summed E-state index contributed by atoms with van der Waals surface area (Å²) in [6.07, 6.45) is 9.87. The second-order valence-corrected chi connectivity index (χ2v) is 15.6. The molecule has 8 bridgehead atoms. The smallest absolute Gasteiger partial charge is 0.104 e. The van der Waals surface area contributed by atoms with Crippen LogP contribution in [0.5, 0.6) is 0 Å². The first-order valence-corrected chi connectivity index (χ1v) is 22.2. The molecule has 0 radical (unpaired) electrons. The Morgan fingerprint density at radius 3 is 1.28 bits per heavy atom. The number of fused-ring (bicyclic) bond motifs is 8. The highest BCUT2D eigenvalue weighted by atomic mass is 14.8. The van der Waals surface area contributed by atoms with Gasteiger partial charge in [0.25, 0.3) is 0 Å². The highest BCUT2D eigenvalue weighted by molar-refractivity contribution is 6.05. The molecule has 0 saturated carbocycles. The first-order valence-electron chi connectivity index (χ1n) is 22.2. The van der Waals surface area contributed by atoms with E-state index in [-0.39, 0.29) is 0 Å². The number of aryl methyl sites for hydroxylation is 5. The topological polar surface area (TPSA) is 81.2 Å². The van der Waals surface area contributed by atoms with Crippen molar-refractivity contribution in [1.29, 1.82) is 5.26 Å². The van der Waals surface area contributed by atoms with Crippen LogP contribution in [0.4, 0.5) is 0 Å². The monoisotopic (exact) mass is 767 g/mol. The zero-order chi connectivity index (χ0) is 41.1. The first kappa shape index (κ1) is 40.7. The van der Waals surface area contributed by atoms with E-state index >= 15 is 0 Å². The van der Waals surface area contributed by atoms with Crippen molar-refractivity contribution in [2.24, 2.45) is 0 Å². The Hall–Kier alpha value is -5.47. The number of aromatic nitrogens is 4. The van der Waals surface area contributed by atoms with E-state index < -0.39 is 0 Å². The quantitative estimate of drug-likeness (QED) is 0.125. The van der Waals surface area contributed by atoms with Gasteiger partial charge in [-0.15, -0.1) is 0 Å². The minimum atomic E-state index is 0.621. The lowest BCUT2D eigenvalue weighted by atomic mass is 9.91. The second-order valence-electron chi connectivity index (χ2n) is 15.6. The van der Waals surface area contributed by atoms with Crippen LogP contribution >= 0.6 is 0 Å². The second kappa shape index (κ2) is 17.6. The molecule has 2 aromatic carbocycles. The van der Waals surface area contributed by atoms with Gasteiger partial charge in [-0.05, 0) is 120 Å². The number of hydrogen-bond donors (Lipinski definition) is 2. The minimum Gasteiger partial charge on any atom is -0.354 e. The molecule has 5 heteroatoms. The van der Waals surface area contributed by atoms with Gasteiger partial charge in [0.15, 0.2) is 0 Å². The number of nitrogens with zero attached hydrogens (tertiary/aromatic N) is 3. The van der Waals surface area contributed by atoms with Crippen molar-refractivity contribution in [2.45, 2.75) is 133 Å². The molecule has 2 aliphatic heterocycles. The van der Waals surface area contributed by atoms with Crippen molar-refractivity contribution in [2.75, 3.05) is 0 Å². The van der Waals surface area contributed by atoms with Gasteiger partial charge in [0.05, 0.1) is 39.3 Å². The molecule has 0 saturated heterocycles. The number of hydrogen-bond acceptors (Lipinski definition) is 3. The van der Waals surface area contributed by atoms with E-state index in [0.29, 0.717) is 5.56 Å². The van der Waals surface area contributed by atoms with Crippen LogP contribution in [0.15, 0.2) is 60.7 Å². The molecule has 7 rings (SSSR count). The molecule has 0 unspecified atom stereocenters. The van der Waals surface area contributed by atoms with Crippen molar-refractivity contribution in [1.82, 2.24) is 19.9 Å². The molecule has 0 fully saturated rings. The van der Waals surface area contributed by atoms with E-state index in [1.807, 2.05) is 0 Å². The van der Waals surface area contributed by atoms with Gasteiger partial charge >= 0.3 is 0 Å². The fraction of sp³-hybridized carbons (Fsp3) is 0.377. The molecule has 298 valence electrons. The Kier molecular flexibility index (Phi) is 12.3. The third-order valence-corrected chi connectivity index (χ3v) is 12.6. The molecule has 5 aromatic rings. The number of nitrogens with one attached hydrogen (secondary N) is 2. The molecular formula is C53H61N5. The third kappa shape index (κ3) is 6.65. The maximum absolute atomic E-state index is 11.4. The first-order chi connectivity index (χ1) is 28.4. The number of H-pyrrole nitrogens is 2. The van der Waals surface area contributed by atoms with Gasteiger partial charge in [-0.3, -0.25) is 0 Å². The van der Waals surface area contributed by atoms with Crippen LogP contribution in [0.3, 0.4) is 0 Å². The van der Waals surface area contributed by atoms with Crippen LogP contribution in [0.25, 0.3) is 66.6 Å². The van der Waals surface area contributed by atoms with Crippen LogP contribution in [0.1, 0.15) is 157 Å². The molecular weight excluding hydrogens is 707 g/mol. The lowest BCUT2D eigenvalue weighted by molar-refractivity contribution is 0.793. The van der Waals surface area contributed by atoms with Gasteiger partial charge in [0.1, 0.15) is 11.6 Å². The Labute approximate surface area is 346 Å². The average molecular weight is 768 g/mol. The zero-order valence-electron chi connectivity index (χ0n) is 36.4. The minimum absolute atomic E-state index is 0.621. The van der Waals surface area contributed by atoms with Crippen molar-refractivity contribution in [3.63, 3.8) is 0 Å². The summed E-state index contributed by atoms with van der Waals surface area (Å²) in [5.74, 6) is 0. The van der Waals surface area contributed by atoms with Crippen LogP contribution in [-0.2, 0) is 32.1 Å². The van der Waals surface area contributed by atoms with Gasteiger partial charge in [-0.25, -0.2) is 9.97 Å². The highest BCUT2D eigenvalue weighted by Gasteiger charge is 2.30. The summed E-state index contributed by atoms with van der Waals surface area (Å²) < 4.78 is 0. The molecule has 0 atom stereocenters. The normalized spacial score (nSPS) is 12.8. The Morgan fingerprint density at radius 2 is 0.845 bits per heavy atom. The third-order valence-electron chi connectivity index (χ3n) is 12.6. The predicted molar refractivity (Wildman–Crippen MR) is 248 cm³/mol. The zero-order valence-corrected chi connectivity index (χ0v) is 36.4. The molecule has 5 nitrogen and oxygen atoms in total. The van der Waals surface area contributed by atoms with Crippen LogP contribution in [0, 0.1) is 11.3 Å². The van der Waals surface area contributed by atoms with Gasteiger partial charge in [0.2, 0.25) is 0 Å². The van der Waals surface area contributed by atoms with E-state index in [9.17, 15) is 5.26 Å². The van der Waals surface area contributed by atoms with E-state index in [0.717, 1.165) is 138 Å². The van der Waals surface area contributed by atoms with Crippen LogP contribution in [0.2, 0.25) is 0 Å². The predicted octanol–water partition coefficient (Wildman–Crippen LogP) is 14.6. The van der Waals surface area contributed by atoms with Crippen molar-refractivity contribution >= 4 is 44.4 Å². The molecule has 0 amide bonds. The molecule has 3 aromatic heterocycles. The van der Waals surface area contributed by atoms with Crippen LogP contribution < -0.4 is 0 Å². The molecule has 5 heterocycles. The fourth-order valence-electron chi connectivity index (χ4n) is 10.0. The highest BCUT2D eigenvalue weighted by Crippen LogP contribution is 2.47. The van der Waals surface area contributed by atoms with Gasteiger partial charge < -0.3 is 9.97 Å². The van der Waals surface area contributed by atoms with Crippen molar-refractivity contribution < 1.29 is 0 Å². The van der Waals surface area contributed by atoms with E-state index in [2.05, 4.69) is 139 Å². The van der Waals surface area contributed by atoms with E-state index in [1.54, 1.807) is 0 Å². The average Bonchev–Trinajstić information content (AvgIpc) is 4.02. The number of nitriles is 1. The Bertz CT molecular complexity index is 2590. The number of benzene rings is 2. The number of unbranched alkanes of at least 4 members (excludes halogenated alkanes) is 1. The standard InChI is InChI=1S/C53H61N5/c1-10-19-30-42-46-34(11-2)38(15-6)50(55-46)44(32-26-22-20-23-27-32)52-40(17-8)36(13-4)48(57-52)43(31-54)49-37(14-5)41(18-9)53(58-49)45(33-28-24-21-25-29-33)51-39(16-7)35(12-3)47(42)56-51/h20-29,55,58H,10-19,30H2,1-9H3. The number of allylic oxidation sites excluding steroid dienone is 4. The van der Waals surface area contributed by atoms with Gasteiger partial charge in [-0.1, -0.05) is 129 Å². The molecule has 2 aliphatic rings. The maximum Gasteiger partial charge on any atom is 0.104 e. The molecule has 2 N–H and O–H groups in total. The summed E-state index contributed by atoms with van der Waals surface area (Å²) in [6.45, 7) is 20.4. The van der Waals surface area contributed by atoms with Gasteiger partial charge in [-0.2, -0.15) is 5.26 Å². The SMILES string of the molecule is CCCCc1c2nc(c(-c3ccccc3)c3[nH]c(c(C#N)c4nc(c(-c5ccccc5)c5[nH]c1c(CC)c5CC)C(CC)=C4CC)c(CC)c3CC)C(CC)=C2CC. The number of aromatic amines is 2. The van der Waals surface area contributed by atoms with Crippen LogP contribution in [-0.4, -0.2) is 19.9 Å². The molecule has 0 spiro atoms. The summed E-state index contributed by atoms with van der Waals surface area (Å²) in [7, 11) is 0. The Morgan fingerprint density at radius 1 is 0.448 bits per heavy atom. The Balaban J connectivity index is 1.92. The summed E-state index contributed by atoms with van der Waals surface area (Å²) in [5.41, 5.74) is 24.9.